The zero-order valence-corrected chi connectivity index (χ0v) is 18.2. The number of rotatable bonds is 7. The molecule has 4 amide bonds. The van der Waals surface area contributed by atoms with Gasteiger partial charge in [-0.2, -0.15) is 0 Å². The summed E-state index contributed by atoms with van der Waals surface area (Å²) in [6, 6.07) is 18.0. The number of nitrogens with zero attached hydrogens (tertiary/aromatic N) is 1. The lowest BCUT2D eigenvalue weighted by atomic mass is 10.1. The third-order valence-electron chi connectivity index (χ3n) is 4.75. The summed E-state index contributed by atoms with van der Waals surface area (Å²) in [4.78, 5) is 39.8. The number of hydrogen-bond acceptors (Lipinski definition) is 4. The van der Waals surface area contributed by atoms with Gasteiger partial charge in [0, 0.05) is 17.1 Å². The number of nitrogens with one attached hydrogen (secondary N) is 2. The number of thiophene rings is 1. The van der Waals surface area contributed by atoms with Crippen molar-refractivity contribution in [2.75, 3.05) is 17.2 Å². The molecule has 160 valence electrons. The molecule has 0 saturated carbocycles. The Hall–Kier alpha value is -3.65. The minimum absolute atomic E-state index is 0.193. The topological polar surface area (TPSA) is 105 Å². The van der Waals surface area contributed by atoms with E-state index in [0.717, 1.165) is 16.0 Å². The number of aryl methyl sites for hydroxylation is 1. The first-order chi connectivity index (χ1) is 14.8. The van der Waals surface area contributed by atoms with Gasteiger partial charge in [0.05, 0.1) is 5.56 Å². The van der Waals surface area contributed by atoms with Crippen LogP contribution in [-0.2, 0) is 11.3 Å². The number of carbonyl (C=O) groups is 3. The summed E-state index contributed by atoms with van der Waals surface area (Å²) in [6.45, 7) is 3.70. The Morgan fingerprint density at radius 2 is 1.55 bits per heavy atom. The summed E-state index contributed by atoms with van der Waals surface area (Å²) in [5.74, 6) is -1.01. The normalized spacial score (nSPS) is 10.4. The van der Waals surface area contributed by atoms with Gasteiger partial charge in [-0.3, -0.25) is 9.59 Å². The fourth-order valence-electron chi connectivity index (χ4n) is 3.08. The average Bonchev–Trinajstić information content (AvgIpc) is 3.02. The van der Waals surface area contributed by atoms with Crippen LogP contribution in [0.15, 0.2) is 60.7 Å². The maximum absolute atomic E-state index is 12.9. The van der Waals surface area contributed by atoms with E-state index in [1.54, 1.807) is 19.1 Å². The van der Waals surface area contributed by atoms with E-state index >= 15 is 0 Å². The number of primary amides is 1. The van der Waals surface area contributed by atoms with Crippen molar-refractivity contribution in [3.05, 3.63) is 82.2 Å². The van der Waals surface area contributed by atoms with E-state index in [9.17, 15) is 14.4 Å². The molecule has 0 saturated heterocycles. The second kappa shape index (κ2) is 9.90. The number of benzene rings is 2. The number of urea groups is 1. The Kier molecular flexibility index (Phi) is 7.04. The highest BCUT2D eigenvalue weighted by Crippen LogP contribution is 2.32. The largest absolute Gasteiger partial charge is 0.365 e. The minimum Gasteiger partial charge on any atom is -0.365 e. The number of amides is 4. The van der Waals surface area contributed by atoms with Crippen LogP contribution in [0.2, 0.25) is 0 Å². The predicted octanol–water partition coefficient (Wildman–Crippen LogP) is 4.14. The fourth-order valence-corrected chi connectivity index (χ4v) is 4.16. The lowest BCUT2D eigenvalue weighted by Crippen LogP contribution is -2.40. The number of hydrogen-bond donors (Lipinski definition) is 3. The molecule has 7 nitrogen and oxygen atoms in total. The zero-order valence-electron chi connectivity index (χ0n) is 17.3. The van der Waals surface area contributed by atoms with Crippen molar-refractivity contribution in [2.45, 2.75) is 20.4 Å². The van der Waals surface area contributed by atoms with Gasteiger partial charge in [-0.25, -0.2) is 4.79 Å². The minimum atomic E-state index is -0.597. The van der Waals surface area contributed by atoms with E-state index in [0.29, 0.717) is 16.3 Å². The first-order valence-corrected chi connectivity index (χ1v) is 10.5. The molecule has 0 aliphatic rings. The third-order valence-corrected chi connectivity index (χ3v) is 5.87. The predicted molar refractivity (Wildman–Crippen MR) is 123 cm³/mol. The van der Waals surface area contributed by atoms with Gasteiger partial charge in [0.1, 0.15) is 11.5 Å². The highest BCUT2D eigenvalue weighted by molar-refractivity contribution is 7.16. The molecule has 31 heavy (non-hydrogen) atoms. The number of anilines is 2. The summed E-state index contributed by atoms with van der Waals surface area (Å²) in [5.41, 5.74) is 8.05. The van der Waals surface area contributed by atoms with Crippen molar-refractivity contribution in [1.29, 1.82) is 0 Å². The highest BCUT2D eigenvalue weighted by atomic mass is 32.1. The zero-order chi connectivity index (χ0) is 22.4. The molecule has 8 heteroatoms. The maximum atomic E-state index is 12.9. The highest BCUT2D eigenvalue weighted by Gasteiger charge is 2.22. The Labute approximate surface area is 184 Å². The molecule has 1 heterocycles. The average molecular weight is 437 g/mol. The molecule has 0 bridgehead atoms. The first kappa shape index (κ1) is 22.0. The van der Waals surface area contributed by atoms with Crippen LogP contribution < -0.4 is 16.4 Å². The Bertz CT molecular complexity index is 1080. The van der Waals surface area contributed by atoms with E-state index in [1.807, 2.05) is 55.5 Å². The van der Waals surface area contributed by atoms with E-state index in [1.165, 1.54) is 16.2 Å². The maximum Gasteiger partial charge on any atom is 0.322 e. The molecule has 3 aromatic rings. The van der Waals surface area contributed by atoms with Crippen molar-refractivity contribution in [3.8, 4) is 0 Å². The first-order valence-electron chi connectivity index (χ1n) is 9.69. The van der Waals surface area contributed by atoms with Gasteiger partial charge in [0.2, 0.25) is 5.91 Å². The van der Waals surface area contributed by atoms with Gasteiger partial charge in [0.25, 0.3) is 5.91 Å². The second-order valence-corrected chi connectivity index (χ2v) is 8.26. The van der Waals surface area contributed by atoms with Crippen LogP contribution in [0.4, 0.5) is 15.5 Å². The van der Waals surface area contributed by atoms with Gasteiger partial charge < -0.3 is 21.3 Å². The Morgan fingerprint density at radius 1 is 0.935 bits per heavy atom. The molecule has 4 N–H and O–H groups in total. The molecule has 3 rings (SSSR count). The van der Waals surface area contributed by atoms with Crippen molar-refractivity contribution in [3.63, 3.8) is 0 Å². The van der Waals surface area contributed by atoms with Crippen LogP contribution in [0.1, 0.15) is 26.4 Å². The monoisotopic (exact) mass is 436 g/mol. The van der Waals surface area contributed by atoms with E-state index in [-0.39, 0.29) is 13.1 Å². The standard InChI is InChI=1S/C23H24N4O3S/c1-15-16(2)31-22(20(15)21(24)29)26-19(28)14-27(13-17-9-5-3-6-10-17)23(30)25-18-11-7-4-8-12-18/h3-12H,13-14H2,1-2H3,(H2,24,29)(H,25,30)(H,26,28). The van der Waals surface area contributed by atoms with E-state index in [4.69, 9.17) is 5.73 Å². The molecule has 0 radical (unpaired) electrons. The van der Waals surface area contributed by atoms with Gasteiger partial charge in [0.15, 0.2) is 0 Å². The van der Waals surface area contributed by atoms with Crippen LogP contribution in [0.25, 0.3) is 0 Å². The van der Waals surface area contributed by atoms with Crippen LogP contribution in [0, 0.1) is 13.8 Å². The SMILES string of the molecule is Cc1sc(NC(=O)CN(Cc2ccccc2)C(=O)Nc2ccccc2)c(C(N)=O)c1C. The van der Waals surface area contributed by atoms with Crippen LogP contribution in [-0.4, -0.2) is 29.3 Å². The fraction of sp³-hybridized carbons (Fsp3) is 0.174. The van der Waals surface area contributed by atoms with E-state index in [2.05, 4.69) is 10.6 Å². The van der Waals surface area contributed by atoms with E-state index < -0.39 is 17.8 Å². The molecular formula is C23H24N4O3S. The van der Waals surface area contributed by atoms with Crippen molar-refractivity contribution < 1.29 is 14.4 Å². The number of carbonyl (C=O) groups excluding carboxylic acids is 3. The lowest BCUT2D eigenvalue weighted by Gasteiger charge is -2.23. The lowest BCUT2D eigenvalue weighted by molar-refractivity contribution is -0.116. The van der Waals surface area contributed by atoms with Gasteiger partial charge in [-0.1, -0.05) is 48.5 Å². The summed E-state index contributed by atoms with van der Waals surface area (Å²) >= 11 is 1.29. The summed E-state index contributed by atoms with van der Waals surface area (Å²) in [5, 5.41) is 5.95. The summed E-state index contributed by atoms with van der Waals surface area (Å²) < 4.78 is 0. The molecule has 0 fully saturated rings. The van der Waals surface area contributed by atoms with Crippen molar-refractivity contribution in [1.82, 2.24) is 4.90 Å². The molecule has 0 unspecified atom stereocenters. The molecular weight excluding hydrogens is 412 g/mol. The quantitative estimate of drug-likeness (QED) is 0.518. The summed E-state index contributed by atoms with van der Waals surface area (Å²) in [7, 11) is 0. The molecule has 0 aliphatic carbocycles. The molecule has 2 aromatic carbocycles. The van der Waals surface area contributed by atoms with Crippen LogP contribution >= 0.6 is 11.3 Å². The Balaban J connectivity index is 1.77. The van der Waals surface area contributed by atoms with Crippen LogP contribution in [0.5, 0.6) is 0 Å². The van der Waals surface area contributed by atoms with Crippen molar-refractivity contribution in [2.24, 2.45) is 5.73 Å². The smallest absolute Gasteiger partial charge is 0.322 e. The third kappa shape index (κ3) is 5.70. The van der Waals surface area contributed by atoms with Gasteiger partial charge >= 0.3 is 6.03 Å². The van der Waals surface area contributed by atoms with Gasteiger partial charge in [-0.05, 0) is 37.1 Å². The summed E-state index contributed by atoms with van der Waals surface area (Å²) in [6.07, 6.45) is 0. The Morgan fingerprint density at radius 3 is 2.16 bits per heavy atom. The molecule has 1 aromatic heterocycles. The molecule has 0 spiro atoms. The number of nitrogens with two attached hydrogens (primary N) is 1. The second-order valence-electron chi connectivity index (χ2n) is 7.04. The molecule has 0 aliphatic heterocycles. The molecule has 0 atom stereocenters. The van der Waals surface area contributed by atoms with Crippen molar-refractivity contribution >= 4 is 39.9 Å². The van der Waals surface area contributed by atoms with Gasteiger partial charge in [-0.15, -0.1) is 11.3 Å². The van der Waals surface area contributed by atoms with Crippen LogP contribution in [0.3, 0.4) is 0 Å². The number of para-hydroxylation sites is 1.